The van der Waals surface area contributed by atoms with E-state index in [1.54, 1.807) is 18.2 Å². The van der Waals surface area contributed by atoms with E-state index in [0.717, 1.165) is 22.4 Å². The van der Waals surface area contributed by atoms with Gasteiger partial charge in [0.15, 0.2) is 11.5 Å². The molecule has 4 aromatic rings. The molecule has 2 N–H and O–H groups in total. The highest BCUT2D eigenvalue weighted by atomic mass is 19.1. The third-order valence-corrected chi connectivity index (χ3v) is 7.77. The van der Waals surface area contributed by atoms with Crippen LogP contribution in [0.4, 0.5) is 10.1 Å². The predicted octanol–water partition coefficient (Wildman–Crippen LogP) is 4.39. The maximum Gasteiger partial charge on any atom is 0.266 e. The number of amides is 2. The second-order valence-electron chi connectivity index (χ2n) is 10.3. The van der Waals surface area contributed by atoms with Gasteiger partial charge in [-0.25, -0.2) is 9.38 Å². The number of hydrogen-bond donors (Lipinski definition) is 1. The summed E-state index contributed by atoms with van der Waals surface area (Å²) in [6.07, 6.45) is 0. The number of benzene rings is 4. The van der Waals surface area contributed by atoms with Crippen molar-refractivity contribution in [2.24, 2.45) is 10.7 Å². The van der Waals surface area contributed by atoms with Crippen LogP contribution in [0.25, 0.3) is 0 Å². The summed E-state index contributed by atoms with van der Waals surface area (Å²) in [5, 5.41) is 0. The van der Waals surface area contributed by atoms with E-state index in [9.17, 15) is 14.0 Å². The molecule has 206 valence electrons. The van der Waals surface area contributed by atoms with E-state index in [4.69, 9.17) is 10.7 Å². The second-order valence-corrected chi connectivity index (χ2v) is 10.3. The Hall–Kier alpha value is -4.98. The quantitative estimate of drug-likeness (QED) is 0.388. The molecule has 1 fully saturated rings. The fraction of sp³-hybridized carbons (Fsp3) is 0.182. The van der Waals surface area contributed by atoms with Crippen LogP contribution in [-0.2, 0) is 16.9 Å². The van der Waals surface area contributed by atoms with Crippen LogP contribution in [-0.4, -0.2) is 53.8 Å². The van der Waals surface area contributed by atoms with Crippen LogP contribution < -0.4 is 10.6 Å². The van der Waals surface area contributed by atoms with E-state index < -0.39 is 5.54 Å². The molecule has 2 aliphatic heterocycles. The van der Waals surface area contributed by atoms with Crippen molar-refractivity contribution >= 4 is 23.5 Å². The highest BCUT2D eigenvalue weighted by molar-refractivity contribution is 6.09. The van der Waals surface area contributed by atoms with Gasteiger partial charge in [0.05, 0.1) is 6.54 Å². The lowest BCUT2D eigenvalue weighted by atomic mass is 9.83. The van der Waals surface area contributed by atoms with Gasteiger partial charge in [-0.3, -0.25) is 14.5 Å². The summed E-state index contributed by atoms with van der Waals surface area (Å²) in [7, 11) is 0. The Morgan fingerprint density at radius 3 is 2.02 bits per heavy atom. The summed E-state index contributed by atoms with van der Waals surface area (Å²) in [4.78, 5) is 37.7. The smallest absolute Gasteiger partial charge is 0.266 e. The zero-order chi connectivity index (χ0) is 28.4. The van der Waals surface area contributed by atoms with Gasteiger partial charge in [0.25, 0.3) is 11.8 Å². The number of piperazine rings is 1. The van der Waals surface area contributed by atoms with Crippen LogP contribution in [0.2, 0.25) is 0 Å². The summed E-state index contributed by atoms with van der Waals surface area (Å²) in [6.45, 7) is 2.62. The monoisotopic (exact) mass is 547 g/mol. The van der Waals surface area contributed by atoms with Crippen LogP contribution >= 0.6 is 0 Å². The highest BCUT2D eigenvalue weighted by Gasteiger charge is 2.50. The van der Waals surface area contributed by atoms with E-state index in [-0.39, 0.29) is 30.1 Å². The minimum absolute atomic E-state index is 0.0667. The van der Waals surface area contributed by atoms with E-state index in [1.165, 1.54) is 17.0 Å². The Morgan fingerprint density at radius 2 is 1.41 bits per heavy atom. The minimum atomic E-state index is -1.27. The number of nitrogens with zero attached hydrogens (tertiary/aromatic N) is 4. The van der Waals surface area contributed by atoms with Crippen molar-refractivity contribution in [1.29, 1.82) is 0 Å². The van der Waals surface area contributed by atoms with E-state index in [0.29, 0.717) is 31.7 Å². The number of aliphatic imine (C=N–C) groups is 1. The molecule has 7 nitrogen and oxygen atoms in total. The standard InChI is InChI=1S/C33H30FN5O2/c34-28-14-16-29(17-15-28)37-18-20-38(21-19-37)30(40)25-9-7-8-24(22-25)23-39-31(41)33(36-32(39)35,26-10-3-1-4-11-26)27-12-5-2-6-13-27/h1-17,22H,18-21,23H2,(H2,35,36). The van der Waals surface area contributed by atoms with Crippen molar-refractivity contribution in [2.45, 2.75) is 12.1 Å². The Kier molecular flexibility index (Phi) is 6.97. The number of rotatable bonds is 6. The lowest BCUT2D eigenvalue weighted by molar-refractivity contribution is -0.130. The van der Waals surface area contributed by atoms with Gasteiger partial charge in [0.1, 0.15) is 5.82 Å². The van der Waals surface area contributed by atoms with Crippen LogP contribution in [0.5, 0.6) is 0 Å². The molecular formula is C33H30FN5O2. The van der Waals surface area contributed by atoms with Crippen molar-refractivity contribution in [1.82, 2.24) is 9.80 Å². The van der Waals surface area contributed by atoms with Crippen molar-refractivity contribution in [3.8, 4) is 0 Å². The SMILES string of the molecule is NC1=NC(c2ccccc2)(c2ccccc2)C(=O)N1Cc1cccc(C(=O)N2CCN(c3ccc(F)cc3)CC2)c1. The average molecular weight is 548 g/mol. The van der Waals surface area contributed by atoms with Crippen LogP contribution in [0.15, 0.2) is 114 Å². The minimum Gasteiger partial charge on any atom is -0.369 e. The molecule has 2 heterocycles. The molecule has 2 amide bonds. The summed E-state index contributed by atoms with van der Waals surface area (Å²) in [5.41, 5.74) is 8.89. The number of nitrogens with two attached hydrogens (primary N) is 1. The Balaban J connectivity index is 1.19. The first kappa shape index (κ1) is 26.3. The molecule has 0 spiro atoms. The number of anilines is 1. The second kappa shape index (κ2) is 10.9. The first-order chi connectivity index (χ1) is 20.0. The molecule has 0 bridgehead atoms. The topological polar surface area (TPSA) is 82.2 Å². The molecular weight excluding hydrogens is 517 g/mol. The first-order valence-electron chi connectivity index (χ1n) is 13.6. The lowest BCUT2D eigenvalue weighted by Gasteiger charge is -2.36. The molecule has 2 aliphatic rings. The number of halogens is 1. The van der Waals surface area contributed by atoms with Gasteiger partial charge < -0.3 is 15.5 Å². The Labute approximate surface area is 238 Å². The Bertz CT molecular complexity index is 1540. The largest absolute Gasteiger partial charge is 0.369 e. The fourth-order valence-corrected chi connectivity index (χ4v) is 5.62. The fourth-order valence-electron chi connectivity index (χ4n) is 5.62. The summed E-state index contributed by atoms with van der Waals surface area (Å²) in [6, 6.07) is 32.6. The third kappa shape index (κ3) is 4.93. The molecule has 0 radical (unpaired) electrons. The zero-order valence-electron chi connectivity index (χ0n) is 22.5. The van der Waals surface area contributed by atoms with Crippen molar-refractivity contribution < 1.29 is 14.0 Å². The van der Waals surface area contributed by atoms with Crippen LogP contribution in [0.1, 0.15) is 27.0 Å². The van der Waals surface area contributed by atoms with Crippen LogP contribution in [0, 0.1) is 5.82 Å². The van der Waals surface area contributed by atoms with Gasteiger partial charge in [-0.2, -0.15) is 0 Å². The van der Waals surface area contributed by atoms with Gasteiger partial charge >= 0.3 is 0 Å². The highest BCUT2D eigenvalue weighted by Crippen LogP contribution is 2.40. The number of carbonyl (C=O) groups is 2. The Morgan fingerprint density at radius 1 is 0.805 bits per heavy atom. The van der Waals surface area contributed by atoms with E-state index in [1.807, 2.05) is 83.8 Å². The average Bonchev–Trinajstić information content (AvgIpc) is 3.28. The van der Waals surface area contributed by atoms with Gasteiger partial charge in [-0.1, -0.05) is 72.8 Å². The molecule has 4 aromatic carbocycles. The normalized spacial score (nSPS) is 16.6. The van der Waals surface area contributed by atoms with Gasteiger partial charge in [-0.05, 0) is 53.1 Å². The van der Waals surface area contributed by atoms with E-state index >= 15 is 0 Å². The summed E-state index contributed by atoms with van der Waals surface area (Å²) < 4.78 is 13.3. The van der Waals surface area contributed by atoms with Crippen LogP contribution in [0.3, 0.4) is 0 Å². The predicted molar refractivity (Wildman–Crippen MR) is 157 cm³/mol. The molecule has 41 heavy (non-hydrogen) atoms. The molecule has 0 aromatic heterocycles. The summed E-state index contributed by atoms with van der Waals surface area (Å²) >= 11 is 0. The van der Waals surface area contributed by atoms with Crippen molar-refractivity contribution in [2.75, 3.05) is 31.1 Å². The third-order valence-electron chi connectivity index (χ3n) is 7.77. The molecule has 0 atom stereocenters. The summed E-state index contributed by atoms with van der Waals surface area (Å²) in [5.74, 6) is -0.433. The van der Waals surface area contributed by atoms with Gasteiger partial charge in [0.2, 0.25) is 0 Å². The number of carbonyl (C=O) groups excluding carboxylic acids is 2. The first-order valence-corrected chi connectivity index (χ1v) is 13.6. The van der Waals surface area contributed by atoms with Crippen molar-refractivity contribution in [3.63, 3.8) is 0 Å². The van der Waals surface area contributed by atoms with Gasteiger partial charge in [-0.15, -0.1) is 0 Å². The molecule has 1 saturated heterocycles. The molecule has 6 rings (SSSR count). The van der Waals surface area contributed by atoms with Gasteiger partial charge in [0, 0.05) is 37.4 Å². The number of guanidine groups is 1. The van der Waals surface area contributed by atoms with E-state index in [2.05, 4.69) is 4.90 Å². The van der Waals surface area contributed by atoms with Crippen molar-refractivity contribution in [3.05, 3.63) is 137 Å². The molecule has 8 heteroatoms. The zero-order valence-corrected chi connectivity index (χ0v) is 22.5. The molecule has 0 unspecified atom stereocenters. The molecule has 0 aliphatic carbocycles. The maximum atomic E-state index is 14.1. The lowest BCUT2D eigenvalue weighted by Crippen LogP contribution is -2.48. The maximum absolute atomic E-state index is 14.1. The molecule has 0 saturated carbocycles. The number of hydrogen-bond acceptors (Lipinski definition) is 5.